The number of aromatic nitrogens is 2. The van der Waals surface area contributed by atoms with Crippen LogP contribution in [0.25, 0.3) is 0 Å². The van der Waals surface area contributed by atoms with Crippen molar-refractivity contribution < 1.29 is 4.74 Å². The van der Waals surface area contributed by atoms with Gasteiger partial charge in [0.2, 0.25) is 5.95 Å². The lowest BCUT2D eigenvalue weighted by Gasteiger charge is -2.11. The molecule has 1 atom stereocenters. The second-order valence-corrected chi connectivity index (χ2v) is 3.59. The summed E-state index contributed by atoms with van der Waals surface area (Å²) in [6.45, 7) is 4.17. The molecule has 5 heteroatoms. The van der Waals surface area contributed by atoms with Crippen molar-refractivity contribution in [1.82, 2.24) is 9.55 Å². The van der Waals surface area contributed by atoms with Crippen molar-refractivity contribution >= 4 is 17.5 Å². The van der Waals surface area contributed by atoms with Gasteiger partial charge in [0.25, 0.3) is 0 Å². The quantitative estimate of drug-likeness (QED) is 0.736. The standard InChI is InChI=1S/C9H16ClN3O/c1-3-13-5-4-11-9(13)12-6-8(10)7-14-2/h4-5,8H,3,6-7H2,1-2H3,(H,11,12). The summed E-state index contributed by atoms with van der Waals surface area (Å²) in [7, 11) is 1.64. The first kappa shape index (κ1) is 11.3. The molecule has 0 spiro atoms. The minimum Gasteiger partial charge on any atom is -0.383 e. The van der Waals surface area contributed by atoms with Crippen molar-refractivity contribution in [2.45, 2.75) is 18.8 Å². The van der Waals surface area contributed by atoms with Crippen LogP contribution in [0.4, 0.5) is 5.95 Å². The molecule has 1 unspecified atom stereocenters. The molecule has 0 saturated carbocycles. The first-order chi connectivity index (χ1) is 6.77. The number of nitrogens with one attached hydrogen (secondary N) is 1. The van der Waals surface area contributed by atoms with Crippen LogP contribution >= 0.6 is 11.6 Å². The Hall–Kier alpha value is -0.740. The average molecular weight is 218 g/mol. The molecular weight excluding hydrogens is 202 g/mol. The van der Waals surface area contributed by atoms with Gasteiger partial charge in [-0.1, -0.05) is 0 Å². The first-order valence-electron chi connectivity index (χ1n) is 4.66. The lowest BCUT2D eigenvalue weighted by molar-refractivity contribution is 0.200. The molecule has 80 valence electrons. The van der Waals surface area contributed by atoms with Crippen LogP contribution in [0.1, 0.15) is 6.92 Å². The molecule has 1 aromatic rings. The van der Waals surface area contributed by atoms with Crippen molar-refractivity contribution in [2.24, 2.45) is 0 Å². The molecule has 1 rings (SSSR count). The van der Waals surface area contributed by atoms with Crippen molar-refractivity contribution in [2.75, 3.05) is 25.6 Å². The molecule has 1 heterocycles. The normalized spacial score (nSPS) is 12.8. The Morgan fingerprint density at radius 1 is 1.71 bits per heavy atom. The maximum atomic E-state index is 5.97. The lowest BCUT2D eigenvalue weighted by atomic mass is 10.4. The van der Waals surface area contributed by atoms with E-state index in [1.807, 2.05) is 10.8 Å². The molecule has 0 amide bonds. The molecule has 4 nitrogen and oxygen atoms in total. The largest absolute Gasteiger partial charge is 0.383 e. The van der Waals surface area contributed by atoms with Crippen LogP contribution in [0.15, 0.2) is 12.4 Å². The molecule has 0 saturated heterocycles. The summed E-state index contributed by atoms with van der Waals surface area (Å²) in [6, 6.07) is 0. The van der Waals surface area contributed by atoms with E-state index in [-0.39, 0.29) is 5.38 Å². The molecule has 0 aromatic carbocycles. The predicted octanol–water partition coefficient (Wildman–Crippen LogP) is 1.57. The third-order valence-electron chi connectivity index (χ3n) is 1.89. The summed E-state index contributed by atoms with van der Waals surface area (Å²) < 4.78 is 6.96. The topological polar surface area (TPSA) is 39.1 Å². The summed E-state index contributed by atoms with van der Waals surface area (Å²) in [6.07, 6.45) is 3.70. The molecule has 0 aliphatic heterocycles. The van der Waals surface area contributed by atoms with E-state index < -0.39 is 0 Å². The third-order valence-corrected chi connectivity index (χ3v) is 2.17. The SMILES string of the molecule is CCn1ccnc1NCC(Cl)COC. The fourth-order valence-electron chi connectivity index (χ4n) is 1.17. The van der Waals surface area contributed by atoms with E-state index in [1.165, 1.54) is 0 Å². The van der Waals surface area contributed by atoms with Gasteiger partial charge < -0.3 is 14.6 Å². The number of hydrogen-bond acceptors (Lipinski definition) is 3. The number of hydrogen-bond donors (Lipinski definition) is 1. The Morgan fingerprint density at radius 3 is 3.14 bits per heavy atom. The molecule has 0 fully saturated rings. The summed E-state index contributed by atoms with van der Waals surface area (Å²) in [5, 5.41) is 3.14. The number of imidazole rings is 1. The van der Waals surface area contributed by atoms with Gasteiger partial charge in [-0.2, -0.15) is 0 Å². The van der Waals surface area contributed by atoms with Crippen LogP contribution < -0.4 is 5.32 Å². The van der Waals surface area contributed by atoms with E-state index in [1.54, 1.807) is 13.3 Å². The molecule has 0 bridgehead atoms. The van der Waals surface area contributed by atoms with Gasteiger partial charge in [-0.05, 0) is 6.92 Å². The number of methoxy groups -OCH3 is 1. The molecule has 14 heavy (non-hydrogen) atoms. The van der Waals surface area contributed by atoms with E-state index in [0.717, 1.165) is 12.5 Å². The molecule has 1 aromatic heterocycles. The highest BCUT2D eigenvalue weighted by Crippen LogP contribution is 2.05. The van der Waals surface area contributed by atoms with E-state index in [9.17, 15) is 0 Å². The Labute approximate surface area is 89.2 Å². The summed E-state index contributed by atoms with van der Waals surface area (Å²) >= 11 is 5.97. The van der Waals surface area contributed by atoms with E-state index >= 15 is 0 Å². The molecule has 0 radical (unpaired) electrons. The second-order valence-electron chi connectivity index (χ2n) is 2.97. The summed E-state index contributed by atoms with van der Waals surface area (Å²) in [4.78, 5) is 4.17. The van der Waals surface area contributed by atoms with E-state index in [4.69, 9.17) is 16.3 Å². The zero-order chi connectivity index (χ0) is 10.4. The van der Waals surface area contributed by atoms with Gasteiger partial charge in [0.1, 0.15) is 0 Å². The van der Waals surface area contributed by atoms with Crippen LogP contribution in [0.2, 0.25) is 0 Å². The third kappa shape index (κ3) is 3.20. The minimum absolute atomic E-state index is 0.0259. The highest BCUT2D eigenvalue weighted by atomic mass is 35.5. The second kappa shape index (κ2) is 5.88. The van der Waals surface area contributed by atoms with Gasteiger partial charge in [0, 0.05) is 32.6 Å². The number of halogens is 1. The Kier molecular flexibility index (Phi) is 4.76. The van der Waals surface area contributed by atoms with Crippen LogP contribution in [0.3, 0.4) is 0 Å². The fraction of sp³-hybridized carbons (Fsp3) is 0.667. The van der Waals surface area contributed by atoms with Crippen LogP contribution in [-0.4, -0.2) is 35.2 Å². The maximum Gasteiger partial charge on any atom is 0.202 e. The zero-order valence-corrected chi connectivity index (χ0v) is 9.29. The zero-order valence-electron chi connectivity index (χ0n) is 8.53. The monoisotopic (exact) mass is 217 g/mol. The smallest absolute Gasteiger partial charge is 0.202 e. The number of anilines is 1. The van der Waals surface area contributed by atoms with Gasteiger partial charge in [-0.25, -0.2) is 4.98 Å². The van der Waals surface area contributed by atoms with Gasteiger partial charge in [0.05, 0.1) is 12.0 Å². The molecule has 0 aliphatic rings. The highest BCUT2D eigenvalue weighted by Gasteiger charge is 2.05. The lowest BCUT2D eigenvalue weighted by Crippen LogP contribution is -2.20. The number of nitrogens with zero attached hydrogens (tertiary/aromatic N) is 2. The summed E-state index contributed by atoms with van der Waals surface area (Å²) in [5.41, 5.74) is 0. The van der Waals surface area contributed by atoms with Crippen LogP contribution in [0, 0.1) is 0 Å². The Bertz CT molecular complexity index is 264. The van der Waals surface area contributed by atoms with Crippen molar-refractivity contribution in [3.63, 3.8) is 0 Å². The van der Waals surface area contributed by atoms with Crippen molar-refractivity contribution in [3.05, 3.63) is 12.4 Å². The number of aryl methyl sites for hydroxylation is 1. The average Bonchev–Trinajstić information content (AvgIpc) is 2.62. The van der Waals surface area contributed by atoms with Crippen LogP contribution in [-0.2, 0) is 11.3 Å². The Morgan fingerprint density at radius 2 is 2.50 bits per heavy atom. The van der Waals surface area contributed by atoms with E-state index in [0.29, 0.717) is 13.2 Å². The summed E-state index contributed by atoms with van der Waals surface area (Å²) in [5.74, 6) is 0.856. The van der Waals surface area contributed by atoms with Gasteiger partial charge in [0.15, 0.2) is 0 Å². The number of rotatable bonds is 6. The number of alkyl halides is 1. The maximum absolute atomic E-state index is 5.97. The van der Waals surface area contributed by atoms with Gasteiger partial charge in [-0.3, -0.25) is 0 Å². The van der Waals surface area contributed by atoms with Gasteiger partial charge >= 0.3 is 0 Å². The van der Waals surface area contributed by atoms with Crippen molar-refractivity contribution in [3.8, 4) is 0 Å². The highest BCUT2D eigenvalue weighted by molar-refractivity contribution is 6.21. The Balaban J connectivity index is 2.37. The minimum atomic E-state index is -0.0259. The van der Waals surface area contributed by atoms with Crippen molar-refractivity contribution in [1.29, 1.82) is 0 Å². The molecule has 1 N–H and O–H groups in total. The predicted molar refractivity (Wildman–Crippen MR) is 57.9 cm³/mol. The molecule has 0 aliphatic carbocycles. The molecular formula is C9H16ClN3O. The first-order valence-corrected chi connectivity index (χ1v) is 5.09. The fourth-order valence-corrected chi connectivity index (χ4v) is 1.38. The van der Waals surface area contributed by atoms with Crippen LogP contribution in [0.5, 0.6) is 0 Å². The van der Waals surface area contributed by atoms with E-state index in [2.05, 4.69) is 17.2 Å². The number of ether oxygens (including phenoxy) is 1. The van der Waals surface area contributed by atoms with Gasteiger partial charge in [-0.15, -0.1) is 11.6 Å².